The largest absolute Gasteiger partial charge is 0.385 e. The summed E-state index contributed by atoms with van der Waals surface area (Å²) in [6, 6.07) is 4.58. The number of pyridine rings is 1. The summed E-state index contributed by atoms with van der Waals surface area (Å²) in [5.74, 6) is 0.702. The first-order chi connectivity index (χ1) is 7.70. The molecule has 0 spiro atoms. The minimum absolute atomic E-state index is 0.598. The van der Waals surface area contributed by atoms with Gasteiger partial charge in [-0.15, -0.1) is 0 Å². The SMILES string of the molecule is CC(C)C(C)NCCCNc1ccncc1. The average molecular weight is 221 g/mol. The molecule has 90 valence electrons. The van der Waals surface area contributed by atoms with Gasteiger partial charge in [-0.25, -0.2) is 0 Å². The third-order valence-electron chi connectivity index (χ3n) is 2.83. The molecule has 0 bridgehead atoms. The zero-order chi connectivity index (χ0) is 11.8. The molecule has 0 saturated carbocycles. The molecule has 3 heteroatoms. The summed E-state index contributed by atoms with van der Waals surface area (Å²) in [5, 5.41) is 6.88. The monoisotopic (exact) mass is 221 g/mol. The Hall–Kier alpha value is -1.09. The first kappa shape index (κ1) is 13.0. The molecule has 1 atom stereocenters. The first-order valence-corrected chi connectivity index (χ1v) is 6.07. The number of rotatable bonds is 7. The van der Waals surface area contributed by atoms with Crippen LogP contribution in [0.25, 0.3) is 0 Å². The summed E-state index contributed by atoms with van der Waals surface area (Å²) in [7, 11) is 0. The van der Waals surface area contributed by atoms with Gasteiger partial charge in [0.05, 0.1) is 0 Å². The van der Waals surface area contributed by atoms with Crippen molar-refractivity contribution in [1.82, 2.24) is 10.3 Å². The van der Waals surface area contributed by atoms with Crippen LogP contribution < -0.4 is 10.6 Å². The van der Waals surface area contributed by atoms with Gasteiger partial charge >= 0.3 is 0 Å². The molecule has 0 fully saturated rings. The second kappa shape index (κ2) is 7.23. The molecule has 0 aliphatic carbocycles. The van der Waals surface area contributed by atoms with E-state index in [1.165, 1.54) is 0 Å². The number of nitrogens with one attached hydrogen (secondary N) is 2. The van der Waals surface area contributed by atoms with Crippen LogP contribution in [0.3, 0.4) is 0 Å². The molecular formula is C13H23N3. The fraction of sp³-hybridized carbons (Fsp3) is 0.615. The maximum Gasteiger partial charge on any atom is 0.0371 e. The van der Waals surface area contributed by atoms with E-state index in [1.54, 1.807) is 12.4 Å². The third-order valence-corrected chi connectivity index (χ3v) is 2.83. The Morgan fingerprint density at radius 2 is 1.81 bits per heavy atom. The van der Waals surface area contributed by atoms with Gasteiger partial charge in [-0.2, -0.15) is 0 Å². The molecule has 0 aliphatic rings. The van der Waals surface area contributed by atoms with Crippen LogP contribution >= 0.6 is 0 Å². The molecule has 1 rings (SSSR count). The van der Waals surface area contributed by atoms with Gasteiger partial charge in [0, 0.05) is 30.7 Å². The van der Waals surface area contributed by atoms with Gasteiger partial charge in [-0.1, -0.05) is 13.8 Å². The van der Waals surface area contributed by atoms with E-state index in [1.807, 2.05) is 12.1 Å². The molecule has 0 amide bonds. The van der Waals surface area contributed by atoms with Crippen molar-refractivity contribution in [2.45, 2.75) is 33.2 Å². The van der Waals surface area contributed by atoms with Crippen LogP contribution in [0.1, 0.15) is 27.2 Å². The van der Waals surface area contributed by atoms with E-state index in [9.17, 15) is 0 Å². The predicted molar refractivity (Wildman–Crippen MR) is 69.6 cm³/mol. The molecule has 1 heterocycles. The normalized spacial score (nSPS) is 12.8. The van der Waals surface area contributed by atoms with Crippen LogP contribution in [0.4, 0.5) is 5.69 Å². The summed E-state index contributed by atoms with van der Waals surface area (Å²) in [5.41, 5.74) is 1.15. The summed E-state index contributed by atoms with van der Waals surface area (Å²) >= 11 is 0. The summed E-state index contributed by atoms with van der Waals surface area (Å²) < 4.78 is 0. The molecular weight excluding hydrogens is 198 g/mol. The standard InChI is InChI=1S/C13H23N3/c1-11(2)12(3)15-7-4-8-16-13-5-9-14-10-6-13/h5-6,9-12,15H,4,7-8H2,1-3H3,(H,14,16). The van der Waals surface area contributed by atoms with Gasteiger partial charge in [-0.3, -0.25) is 4.98 Å². The van der Waals surface area contributed by atoms with Gasteiger partial charge in [0.2, 0.25) is 0 Å². The highest BCUT2D eigenvalue weighted by molar-refractivity contribution is 5.40. The number of anilines is 1. The van der Waals surface area contributed by atoms with E-state index in [0.717, 1.165) is 25.2 Å². The van der Waals surface area contributed by atoms with Crippen molar-refractivity contribution in [2.75, 3.05) is 18.4 Å². The van der Waals surface area contributed by atoms with Crippen LogP contribution in [-0.2, 0) is 0 Å². The number of nitrogens with zero attached hydrogens (tertiary/aromatic N) is 1. The van der Waals surface area contributed by atoms with Crippen molar-refractivity contribution < 1.29 is 0 Å². The molecule has 16 heavy (non-hydrogen) atoms. The van der Waals surface area contributed by atoms with Crippen molar-refractivity contribution in [3.05, 3.63) is 24.5 Å². The number of hydrogen-bond acceptors (Lipinski definition) is 3. The molecule has 3 nitrogen and oxygen atoms in total. The molecule has 0 aliphatic heterocycles. The molecule has 1 aromatic heterocycles. The fourth-order valence-corrected chi connectivity index (χ4v) is 1.36. The second-order valence-electron chi connectivity index (χ2n) is 4.50. The minimum atomic E-state index is 0.598. The number of hydrogen-bond donors (Lipinski definition) is 2. The second-order valence-corrected chi connectivity index (χ2v) is 4.50. The minimum Gasteiger partial charge on any atom is -0.385 e. The van der Waals surface area contributed by atoms with E-state index in [2.05, 4.69) is 36.4 Å². The number of aromatic nitrogens is 1. The molecule has 0 radical (unpaired) electrons. The average Bonchev–Trinajstić information content (AvgIpc) is 2.29. The van der Waals surface area contributed by atoms with Gasteiger partial charge in [-0.05, 0) is 37.9 Å². The van der Waals surface area contributed by atoms with Crippen molar-refractivity contribution in [3.8, 4) is 0 Å². The fourth-order valence-electron chi connectivity index (χ4n) is 1.36. The van der Waals surface area contributed by atoms with Crippen LogP contribution in [0.5, 0.6) is 0 Å². The van der Waals surface area contributed by atoms with Crippen molar-refractivity contribution >= 4 is 5.69 Å². The summed E-state index contributed by atoms with van der Waals surface area (Å²) in [4.78, 5) is 3.98. The van der Waals surface area contributed by atoms with E-state index in [4.69, 9.17) is 0 Å². The Morgan fingerprint density at radius 3 is 2.44 bits per heavy atom. The Morgan fingerprint density at radius 1 is 1.12 bits per heavy atom. The maximum atomic E-state index is 3.98. The lowest BCUT2D eigenvalue weighted by molar-refractivity contribution is 0.426. The van der Waals surface area contributed by atoms with E-state index < -0.39 is 0 Å². The van der Waals surface area contributed by atoms with Gasteiger partial charge in [0.1, 0.15) is 0 Å². The maximum absolute atomic E-state index is 3.98. The van der Waals surface area contributed by atoms with Gasteiger partial charge in [0.15, 0.2) is 0 Å². The lowest BCUT2D eigenvalue weighted by atomic mass is 10.1. The van der Waals surface area contributed by atoms with Crippen LogP contribution in [0.2, 0.25) is 0 Å². The zero-order valence-electron chi connectivity index (χ0n) is 10.5. The van der Waals surface area contributed by atoms with Crippen molar-refractivity contribution in [2.24, 2.45) is 5.92 Å². The zero-order valence-corrected chi connectivity index (χ0v) is 10.5. The van der Waals surface area contributed by atoms with Gasteiger partial charge < -0.3 is 10.6 Å². The Labute approximate surface area is 98.7 Å². The van der Waals surface area contributed by atoms with E-state index in [0.29, 0.717) is 12.0 Å². The Bertz CT molecular complexity index is 272. The summed E-state index contributed by atoms with van der Waals surface area (Å²) in [6.07, 6.45) is 4.75. The summed E-state index contributed by atoms with van der Waals surface area (Å²) in [6.45, 7) is 8.79. The van der Waals surface area contributed by atoms with E-state index in [-0.39, 0.29) is 0 Å². The highest BCUT2D eigenvalue weighted by Gasteiger charge is 2.04. The highest BCUT2D eigenvalue weighted by Crippen LogP contribution is 2.03. The Balaban J connectivity index is 2.04. The lowest BCUT2D eigenvalue weighted by Gasteiger charge is -2.17. The Kier molecular flexibility index (Phi) is 5.86. The first-order valence-electron chi connectivity index (χ1n) is 6.07. The molecule has 0 saturated heterocycles. The van der Waals surface area contributed by atoms with Crippen molar-refractivity contribution in [3.63, 3.8) is 0 Å². The van der Waals surface area contributed by atoms with Crippen molar-refractivity contribution in [1.29, 1.82) is 0 Å². The van der Waals surface area contributed by atoms with E-state index >= 15 is 0 Å². The molecule has 1 unspecified atom stereocenters. The van der Waals surface area contributed by atoms with Crippen LogP contribution in [0, 0.1) is 5.92 Å². The topological polar surface area (TPSA) is 37.0 Å². The predicted octanol–water partition coefficient (Wildman–Crippen LogP) is 2.52. The molecule has 2 N–H and O–H groups in total. The highest BCUT2D eigenvalue weighted by atomic mass is 14.9. The lowest BCUT2D eigenvalue weighted by Crippen LogP contribution is -2.32. The third kappa shape index (κ3) is 5.12. The molecule has 1 aromatic rings. The molecule has 0 aromatic carbocycles. The van der Waals surface area contributed by atoms with Gasteiger partial charge in [0.25, 0.3) is 0 Å². The quantitative estimate of drug-likeness (QED) is 0.695. The smallest absolute Gasteiger partial charge is 0.0371 e. The van der Waals surface area contributed by atoms with Crippen LogP contribution in [0.15, 0.2) is 24.5 Å². The van der Waals surface area contributed by atoms with Crippen LogP contribution in [-0.4, -0.2) is 24.1 Å².